The van der Waals surface area contributed by atoms with Crippen molar-refractivity contribution < 1.29 is 4.79 Å². The zero-order valence-electron chi connectivity index (χ0n) is 16.9. The first kappa shape index (κ1) is 20.5. The molecule has 2 aromatic rings. The molecular weight excluding hydrogens is 340 g/mol. The second-order valence-electron chi connectivity index (χ2n) is 6.38. The SMILES string of the molecule is CCNC(=O)c1ccc(CN=C(NCC)NCc2c(C)nn(C)c2C)cc1. The van der Waals surface area contributed by atoms with E-state index in [4.69, 9.17) is 0 Å². The molecule has 0 bridgehead atoms. The van der Waals surface area contributed by atoms with Gasteiger partial charge >= 0.3 is 0 Å². The van der Waals surface area contributed by atoms with E-state index in [2.05, 4.69) is 33.0 Å². The van der Waals surface area contributed by atoms with Crippen LogP contribution in [0.25, 0.3) is 0 Å². The Balaban J connectivity index is 2.01. The fraction of sp³-hybridized carbons (Fsp3) is 0.450. The highest BCUT2D eigenvalue weighted by atomic mass is 16.1. The Labute approximate surface area is 161 Å². The second kappa shape index (κ2) is 9.75. The van der Waals surface area contributed by atoms with Crippen LogP contribution in [0.15, 0.2) is 29.3 Å². The molecule has 0 spiro atoms. The molecule has 0 aliphatic heterocycles. The van der Waals surface area contributed by atoms with E-state index in [0.717, 1.165) is 29.5 Å². The third kappa shape index (κ3) is 5.57. The Morgan fingerprint density at radius 2 is 1.74 bits per heavy atom. The number of benzene rings is 1. The van der Waals surface area contributed by atoms with Gasteiger partial charge in [0.05, 0.1) is 12.2 Å². The van der Waals surface area contributed by atoms with Gasteiger partial charge in [-0.15, -0.1) is 0 Å². The summed E-state index contributed by atoms with van der Waals surface area (Å²) >= 11 is 0. The molecule has 0 unspecified atom stereocenters. The van der Waals surface area contributed by atoms with E-state index in [-0.39, 0.29) is 5.91 Å². The fourth-order valence-corrected chi connectivity index (χ4v) is 2.78. The zero-order valence-corrected chi connectivity index (χ0v) is 16.9. The minimum absolute atomic E-state index is 0.0511. The number of hydrogen-bond acceptors (Lipinski definition) is 3. The third-order valence-corrected chi connectivity index (χ3v) is 4.41. The van der Waals surface area contributed by atoms with Crippen LogP contribution in [0.1, 0.15) is 46.7 Å². The van der Waals surface area contributed by atoms with E-state index in [1.54, 1.807) is 0 Å². The van der Waals surface area contributed by atoms with Crippen LogP contribution in [0.2, 0.25) is 0 Å². The van der Waals surface area contributed by atoms with E-state index in [1.165, 1.54) is 5.56 Å². The lowest BCUT2D eigenvalue weighted by Crippen LogP contribution is -2.37. The summed E-state index contributed by atoms with van der Waals surface area (Å²) in [5.41, 5.74) is 5.08. The van der Waals surface area contributed by atoms with Crippen molar-refractivity contribution in [3.63, 3.8) is 0 Å². The van der Waals surface area contributed by atoms with Crippen LogP contribution < -0.4 is 16.0 Å². The van der Waals surface area contributed by atoms with Crippen LogP contribution in [-0.2, 0) is 20.1 Å². The summed E-state index contributed by atoms with van der Waals surface area (Å²) in [7, 11) is 1.95. The summed E-state index contributed by atoms with van der Waals surface area (Å²) in [6.07, 6.45) is 0. The first-order chi connectivity index (χ1) is 13.0. The molecular formula is C20H30N6O. The largest absolute Gasteiger partial charge is 0.357 e. The number of hydrogen-bond donors (Lipinski definition) is 3. The molecule has 1 heterocycles. The van der Waals surface area contributed by atoms with Crippen LogP contribution in [0.4, 0.5) is 0 Å². The van der Waals surface area contributed by atoms with Crippen molar-refractivity contribution >= 4 is 11.9 Å². The van der Waals surface area contributed by atoms with Gasteiger partial charge in [0, 0.05) is 43.5 Å². The number of rotatable bonds is 7. The quantitative estimate of drug-likeness (QED) is 0.514. The molecule has 0 aliphatic rings. The van der Waals surface area contributed by atoms with Gasteiger partial charge in [0.2, 0.25) is 0 Å². The Kier molecular flexibility index (Phi) is 7.40. The maximum absolute atomic E-state index is 11.8. The lowest BCUT2D eigenvalue weighted by Gasteiger charge is -2.12. The van der Waals surface area contributed by atoms with Crippen LogP contribution in [0, 0.1) is 13.8 Å². The van der Waals surface area contributed by atoms with Crippen molar-refractivity contribution in [1.82, 2.24) is 25.7 Å². The molecule has 7 nitrogen and oxygen atoms in total. The summed E-state index contributed by atoms with van der Waals surface area (Å²) in [4.78, 5) is 16.5. The number of guanidine groups is 1. The van der Waals surface area contributed by atoms with E-state index in [1.807, 2.05) is 56.8 Å². The van der Waals surface area contributed by atoms with Gasteiger partial charge in [-0.2, -0.15) is 5.10 Å². The number of nitrogens with one attached hydrogen (secondary N) is 3. The molecule has 0 aliphatic carbocycles. The lowest BCUT2D eigenvalue weighted by atomic mass is 10.1. The number of nitrogens with zero attached hydrogens (tertiary/aromatic N) is 3. The van der Waals surface area contributed by atoms with Gasteiger partial charge in [-0.25, -0.2) is 4.99 Å². The van der Waals surface area contributed by atoms with E-state index in [9.17, 15) is 4.79 Å². The average molecular weight is 371 g/mol. The highest BCUT2D eigenvalue weighted by molar-refractivity contribution is 5.94. The standard InChI is InChI=1S/C20H30N6O/c1-6-21-19(27)17-10-8-16(9-11-17)12-23-20(22-7-2)24-13-18-14(3)25-26(5)15(18)4/h8-11H,6-7,12-13H2,1-5H3,(H,21,27)(H2,22,23,24). The summed E-state index contributed by atoms with van der Waals surface area (Å²) < 4.78 is 1.90. The Morgan fingerprint density at radius 1 is 1.07 bits per heavy atom. The molecule has 0 fully saturated rings. The molecule has 0 atom stereocenters. The van der Waals surface area contributed by atoms with Crippen molar-refractivity contribution in [2.24, 2.45) is 12.0 Å². The Bertz CT molecular complexity index is 792. The molecule has 0 saturated heterocycles. The number of aryl methyl sites for hydroxylation is 2. The fourth-order valence-electron chi connectivity index (χ4n) is 2.78. The molecule has 3 N–H and O–H groups in total. The summed E-state index contributed by atoms with van der Waals surface area (Å²) in [6, 6.07) is 7.54. The predicted molar refractivity (Wildman–Crippen MR) is 109 cm³/mol. The minimum atomic E-state index is -0.0511. The van der Waals surface area contributed by atoms with Crippen LogP contribution in [0.5, 0.6) is 0 Å². The molecule has 1 amide bonds. The number of aliphatic imine (C=N–C) groups is 1. The summed E-state index contributed by atoms with van der Waals surface area (Å²) in [5.74, 6) is 0.706. The Morgan fingerprint density at radius 3 is 2.30 bits per heavy atom. The van der Waals surface area contributed by atoms with Crippen LogP contribution in [0.3, 0.4) is 0 Å². The predicted octanol–water partition coefficient (Wildman–Crippen LogP) is 2.04. The lowest BCUT2D eigenvalue weighted by molar-refractivity contribution is 0.0956. The monoisotopic (exact) mass is 370 g/mol. The van der Waals surface area contributed by atoms with Gasteiger partial charge in [-0.3, -0.25) is 9.48 Å². The van der Waals surface area contributed by atoms with Gasteiger partial charge in [-0.05, 0) is 45.4 Å². The molecule has 7 heteroatoms. The topological polar surface area (TPSA) is 83.3 Å². The van der Waals surface area contributed by atoms with Crippen LogP contribution in [-0.4, -0.2) is 34.7 Å². The molecule has 2 rings (SSSR count). The highest BCUT2D eigenvalue weighted by Gasteiger charge is 2.10. The van der Waals surface area contributed by atoms with E-state index in [0.29, 0.717) is 25.2 Å². The first-order valence-corrected chi connectivity index (χ1v) is 9.34. The number of carbonyl (C=O) groups is 1. The molecule has 0 saturated carbocycles. The van der Waals surface area contributed by atoms with Gasteiger partial charge in [0.25, 0.3) is 5.91 Å². The molecule has 146 valence electrons. The summed E-state index contributed by atoms with van der Waals surface area (Å²) in [5, 5.41) is 13.9. The number of aromatic nitrogens is 2. The van der Waals surface area contributed by atoms with Crippen molar-refractivity contribution in [2.75, 3.05) is 13.1 Å². The average Bonchev–Trinajstić information content (AvgIpc) is 2.90. The van der Waals surface area contributed by atoms with Gasteiger partial charge in [0.15, 0.2) is 5.96 Å². The second-order valence-corrected chi connectivity index (χ2v) is 6.38. The van der Waals surface area contributed by atoms with E-state index >= 15 is 0 Å². The Hall–Kier alpha value is -2.83. The molecule has 1 aromatic heterocycles. The first-order valence-electron chi connectivity index (χ1n) is 9.34. The van der Waals surface area contributed by atoms with Gasteiger partial charge in [-0.1, -0.05) is 12.1 Å². The molecule has 0 radical (unpaired) electrons. The third-order valence-electron chi connectivity index (χ3n) is 4.41. The van der Waals surface area contributed by atoms with Crippen molar-refractivity contribution in [3.05, 3.63) is 52.3 Å². The molecule has 1 aromatic carbocycles. The molecule has 27 heavy (non-hydrogen) atoms. The number of amides is 1. The maximum Gasteiger partial charge on any atom is 0.251 e. The van der Waals surface area contributed by atoms with Crippen molar-refractivity contribution in [1.29, 1.82) is 0 Å². The van der Waals surface area contributed by atoms with Crippen molar-refractivity contribution in [2.45, 2.75) is 40.8 Å². The maximum atomic E-state index is 11.8. The highest BCUT2D eigenvalue weighted by Crippen LogP contribution is 2.11. The van der Waals surface area contributed by atoms with E-state index < -0.39 is 0 Å². The number of carbonyl (C=O) groups excluding carboxylic acids is 1. The smallest absolute Gasteiger partial charge is 0.251 e. The van der Waals surface area contributed by atoms with Gasteiger partial charge < -0.3 is 16.0 Å². The van der Waals surface area contributed by atoms with Crippen molar-refractivity contribution in [3.8, 4) is 0 Å². The zero-order chi connectivity index (χ0) is 19.8. The van der Waals surface area contributed by atoms with Gasteiger partial charge in [0.1, 0.15) is 0 Å². The van der Waals surface area contributed by atoms with Crippen LogP contribution >= 0.6 is 0 Å². The summed E-state index contributed by atoms with van der Waals surface area (Å²) in [6.45, 7) is 10.7. The normalized spacial score (nSPS) is 11.4. The minimum Gasteiger partial charge on any atom is -0.357 e.